The van der Waals surface area contributed by atoms with Gasteiger partial charge >= 0.3 is 5.97 Å². The zero-order chi connectivity index (χ0) is 17.7. The van der Waals surface area contributed by atoms with Crippen molar-refractivity contribution in [2.75, 3.05) is 0 Å². The molecule has 24 heavy (non-hydrogen) atoms. The van der Waals surface area contributed by atoms with Gasteiger partial charge in [0.2, 0.25) is 5.91 Å². The normalized spacial score (nSPS) is 11.8. The highest BCUT2D eigenvalue weighted by atomic mass is 19.1. The number of hydrogen-bond acceptors (Lipinski definition) is 2. The van der Waals surface area contributed by atoms with E-state index in [-0.39, 0.29) is 18.4 Å². The standard InChI is InChI=1S/C18H17F2NO3/c1-11-2-4-12(5-3-11)8-16(18(23)24)21-17(22)9-13-6-14(19)10-15(20)7-13/h2-7,10,16H,8-9H2,1H3,(H,21,22)(H,23,24)/t16-/m0/s1. The highest BCUT2D eigenvalue weighted by molar-refractivity contribution is 5.85. The summed E-state index contributed by atoms with van der Waals surface area (Å²) >= 11 is 0. The largest absolute Gasteiger partial charge is 0.480 e. The number of carbonyl (C=O) groups is 2. The molecule has 0 fully saturated rings. The first-order valence-corrected chi connectivity index (χ1v) is 7.36. The summed E-state index contributed by atoms with van der Waals surface area (Å²) in [4.78, 5) is 23.3. The van der Waals surface area contributed by atoms with Gasteiger partial charge in [0, 0.05) is 12.5 Å². The van der Waals surface area contributed by atoms with Crippen molar-refractivity contribution >= 4 is 11.9 Å². The average molecular weight is 333 g/mol. The molecule has 0 radical (unpaired) electrons. The van der Waals surface area contributed by atoms with Crippen LogP contribution in [0, 0.1) is 18.6 Å². The van der Waals surface area contributed by atoms with Crippen LogP contribution in [0.3, 0.4) is 0 Å². The molecule has 2 aromatic rings. The molecule has 6 heteroatoms. The fraction of sp³-hybridized carbons (Fsp3) is 0.222. The van der Waals surface area contributed by atoms with E-state index in [1.54, 1.807) is 12.1 Å². The van der Waals surface area contributed by atoms with Crippen LogP contribution in [0.5, 0.6) is 0 Å². The molecule has 0 spiro atoms. The molecule has 0 saturated heterocycles. The van der Waals surface area contributed by atoms with E-state index >= 15 is 0 Å². The van der Waals surface area contributed by atoms with E-state index < -0.39 is 29.6 Å². The van der Waals surface area contributed by atoms with Crippen LogP contribution in [0.25, 0.3) is 0 Å². The Hall–Kier alpha value is -2.76. The number of rotatable bonds is 6. The number of benzene rings is 2. The lowest BCUT2D eigenvalue weighted by molar-refractivity contribution is -0.141. The third kappa shape index (κ3) is 5.15. The summed E-state index contributed by atoms with van der Waals surface area (Å²) in [5, 5.41) is 11.6. The second-order valence-corrected chi connectivity index (χ2v) is 5.60. The van der Waals surface area contributed by atoms with Crippen molar-refractivity contribution in [3.8, 4) is 0 Å². The fourth-order valence-corrected chi connectivity index (χ4v) is 2.30. The van der Waals surface area contributed by atoms with Gasteiger partial charge in [-0.15, -0.1) is 0 Å². The number of aryl methyl sites for hydroxylation is 1. The predicted octanol–water partition coefficient (Wildman–Crippen LogP) is 2.63. The minimum absolute atomic E-state index is 0.124. The highest BCUT2D eigenvalue weighted by Gasteiger charge is 2.20. The summed E-state index contributed by atoms with van der Waals surface area (Å²) < 4.78 is 26.2. The van der Waals surface area contributed by atoms with Crippen molar-refractivity contribution < 1.29 is 23.5 Å². The Morgan fingerprint density at radius 1 is 1.04 bits per heavy atom. The van der Waals surface area contributed by atoms with E-state index in [9.17, 15) is 23.5 Å². The topological polar surface area (TPSA) is 66.4 Å². The molecule has 2 N–H and O–H groups in total. The lowest BCUT2D eigenvalue weighted by Gasteiger charge is -2.15. The van der Waals surface area contributed by atoms with Gasteiger partial charge in [0.1, 0.15) is 17.7 Å². The quantitative estimate of drug-likeness (QED) is 0.854. The second-order valence-electron chi connectivity index (χ2n) is 5.60. The van der Waals surface area contributed by atoms with E-state index in [2.05, 4.69) is 5.32 Å². The Morgan fingerprint density at radius 2 is 1.62 bits per heavy atom. The minimum Gasteiger partial charge on any atom is -0.480 e. The molecule has 0 aliphatic carbocycles. The molecular formula is C18H17F2NO3. The Kier molecular flexibility index (Phi) is 5.63. The fourth-order valence-electron chi connectivity index (χ4n) is 2.30. The molecule has 2 aromatic carbocycles. The van der Waals surface area contributed by atoms with Crippen LogP contribution in [0.2, 0.25) is 0 Å². The SMILES string of the molecule is Cc1ccc(C[C@H](NC(=O)Cc2cc(F)cc(F)c2)C(=O)O)cc1. The number of nitrogens with one attached hydrogen (secondary N) is 1. The molecule has 0 aromatic heterocycles. The molecule has 1 amide bonds. The van der Waals surface area contributed by atoms with E-state index in [1.165, 1.54) is 0 Å². The summed E-state index contributed by atoms with van der Waals surface area (Å²) in [6, 6.07) is 8.96. The highest BCUT2D eigenvalue weighted by Crippen LogP contribution is 2.10. The van der Waals surface area contributed by atoms with Crippen LogP contribution in [-0.2, 0) is 22.4 Å². The number of amides is 1. The number of carboxylic acid groups (broad SMARTS) is 1. The molecule has 2 rings (SSSR count). The van der Waals surface area contributed by atoms with E-state index in [0.717, 1.165) is 23.3 Å². The van der Waals surface area contributed by atoms with Crippen molar-refractivity contribution in [3.63, 3.8) is 0 Å². The maximum absolute atomic E-state index is 13.1. The Labute approximate surface area is 138 Å². The lowest BCUT2D eigenvalue weighted by Crippen LogP contribution is -2.43. The Bertz CT molecular complexity index is 724. The minimum atomic E-state index is -1.17. The molecule has 4 nitrogen and oxygen atoms in total. The monoisotopic (exact) mass is 333 g/mol. The third-order valence-electron chi connectivity index (χ3n) is 3.48. The van der Waals surface area contributed by atoms with E-state index in [0.29, 0.717) is 6.07 Å². The van der Waals surface area contributed by atoms with Crippen molar-refractivity contribution in [2.45, 2.75) is 25.8 Å². The lowest BCUT2D eigenvalue weighted by atomic mass is 10.0. The molecule has 0 saturated carbocycles. The van der Waals surface area contributed by atoms with E-state index in [1.807, 2.05) is 19.1 Å². The molecule has 0 aliphatic rings. The number of carboxylic acids is 1. The van der Waals surface area contributed by atoms with E-state index in [4.69, 9.17) is 0 Å². The maximum atomic E-state index is 13.1. The molecular weight excluding hydrogens is 316 g/mol. The van der Waals surface area contributed by atoms with Crippen molar-refractivity contribution in [2.24, 2.45) is 0 Å². The Morgan fingerprint density at radius 3 is 2.17 bits per heavy atom. The zero-order valence-corrected chi connectivity index (χ0v) is 13.1. The van der Waals surface area contributed by atoms with Gasteiger partial charge in [0.15, 0.2) is 0 Å². The molecule has 0 heterocycles. The number of hydrogen-bond donors (Lipinski definition) is 2. The van der Waals surface area contributed by atoms with Gasteiger partial charge < -0.3 is 10.4 Å². The van der Waals surface area contributed by atoms with Crippen molar-refractivity contribution in [1.82, 2.24) is 5.32 Å². The summed E-state index contributed by atoms with van der Waals surface area (Å²) in [5.74, 6) is -3.35. The average Bonchev–Trinajstić information content (AvgIpc) is 2.47. The summed E-state index contributed by atoms with van der Waals surface area (Å²) in [5.41, 5.74) is 1.96. The number of halogens is 2. The van der Waals surface area contributed by atoms with Crippen LogP contribution in [0.1, 0.15) is 16.7 Å². The second kappa shape index (κ2) is 7.68. The van der Waals surface area contributed by atoms with Crippen molar-refractivity contribution in [1.29, 1.82) is 0 Å². The summed E-state index contributed by atoms with van der Waals surface area (Å²) in [6.45, 7) is 1.92. The van der Waals surface area contributed by atoms with Gasteiger partial charge in [-0.1, -0.05) is 29.8 Å². The van der Waals surface area contributed by atoms with Gasteiger partial charge in [0.25, 0.3) is 0 Å². The van der Waals surface area contributed by atoms with Gasteiger partial charge in [-0.05, 0) is 30.2 Å². The van der Waals surface area contributed by atoms with Gasteiger partial charge in [-0.2, -0.15) is 0 Å². The summed E-state index contributed by atoms with van der Waals surface area (Å²) in [6.07, 6.45) is -0.175. The first-order valence-electron chi connectivity index (χ1n) is 7.36. The summed E-state index contributed by atoms with van der Waals surface area (Å²) in [7, 11) is 0. The predicted molar refractivity (Wildman–Crippen MR) is 84.5 cm³/mol. The zero-order valence-electron chi connectivity index (χ0n) is 13.1. The van der Waals surface area contributed by atoms with Gasteiger partial charge in [-0.3, -0.25) is 4.79 Å². The molecule has 0 bridgehead atoms. The Balaban J connectivity index is 2.02. The number of aliphatic carboxylic acids is 1. The molecule has 0 unspecified atom stereocenters. The molecule has 0 aliphatic heterocycles. The van der Waals surface area contributed by atoms with Crippen LogP contribution in [-0.4, -0.2) is 23.0 Å². The molecule has 1 atom stereocenters. The van der Waals surface area contributed by atoms with Crippen LogP contribution in [0.4, 0.5) is 8.78 Å². The smallest absolute Gasteiger partial charge is 0.326 e. The first kappa shape index (κ1) is 17.6. The van der Waals surface area contributed by atoms with Crippen LogP contribution >= 0.6 is 0 Å². The van der Waals surface area contributed by atoms with Gasteiger partial charge in [0.05, 0.1) is 6.42 Å². The first-order chi connectivity index (χ1) is 11.3. The third-order valence-corrected chi connectivity index (χ3v) is 3.48. The maximum Gasteiger partial charge on any atom is 0.326 e. The van der Waals surface area contributed by atoms with Gasteiger partial charge in [-0.25, -0.2) is 13.6 Å². The van der Waals surface area contributed by atoms with Crippen LogP contribution in [0.15, 0.2) is 42.5 Å². The number of carbonyl (C=O) groups excluding carboxylic acids is 1. The van der Waals surface area contributed by atoms with Crippen LogP contribution < -0.4 is 5.32 Å². The van der Waals surface area contributed by atoms with Crippen molar-refractivity contribution in [3.05, 3.63) is 70.8 Å². The molecule has 126 valence electrons.